The average Bonchev–Trinajstić information content (AvgIpc) is 3.46. The van der Waals surface area contributed by atoms with Crippen molar-refractivity contribution in [3.05, 3.63) is 80.9 Å². The van der Waals surface area contributed by atoms with Crippen LogP contribution in [0.15, 0.2) is 65.2 Å². The standard InChI is InChI=1S/C26H27N3O5S2/c1-2-20(30)21-24(31)28-22(25(32)35)23(17-12-13-27(15-17)18-6-4-3-5-7-18)36-26(21,28)14-16-8-10-19(11-9-16)29(33)34/h3-11,17,20-21,30H,2,12-15H2,1H3,(H,32,35)/t17?,20-,21+,26+/m0/s1. The van der Waals surface area contributed by atoms with Crippen LogP contribution in [0.5, 0.6) is 0 Å². The fourth-order valence-electron chi connectivity index (χ4n) is 5.63. The molecule has 0 bridgehead atoms. The largest absolute Gasteiger partial charge is 0.392 e. The zero-order valence-corrected chi connectivity index (χ0v) is 21.5. The van der Waals surface area contributed by atoms with Crippen molar-refractivity contribution in [2.24, 2.45) is 11.8 Å². The summed E-state index contributed by atoms with van der Waals surface area (Å²) in [6.45, 7) is 3.37. The predicted octanol–water partition coefficient (Wildman–Crippen LogP) is 4.00. The summed E-state index contributed by atoms with van der Waals surface area (Å²) in [6, 6.07) is 16.3. The molecule has 3 aliphatic rings. The number of carbonyl (C=O) groups is 2. The number of non-ortho nitro benzene ring substituents is 1. The summed E-state index contributed by atoms with van der Waals surface area (Å²) in [5.41, 5.74) is 2.21. The molecule has 2 fully saturated rings. The van der Waals surface area contributed by atoms with Crippen LogP contribution in [0.4, 0.5) is 11.4 Å². The van der Waals surface area contributed by atoms with Crippen LogP contribution in [0.25, 0.3) is 0 Å². The molecule has 36 heavy (non-hydrogen) atoms. The maximum absolute atomic E-state index is 13.4. The Labute approximate surface area is 218 Å². The lowest BCUT2D eigenvalue weighted by molar-refractivity contribution is -0.384. The molecular weight excluding hydrogens is 498 g/mol. The third-order valence-electron chi connectivity index (χ3n) is 7.39. The summed E-state index contributed by atoms with van der Waals surface area (Å²) >= 11 is 5.65. The Kier molecular flexibility index (Phi) is 6.61. The van der Waals surface area contributed by atoms with Crippen molar-refractivity contribution in [1.82, 2.24) is 4.90 Å². The maximum Gasteiger partial charge on any atom is 0.269 e. The predicted molar refractivity (Wildman–Crippen MR) is 142 cm³/mol. The summed E-state index contributed by atoms with van der Waals surface area (Å²) in [7, 11) is 0. The lowest BCUT2D eigenvalue weighted by atomic mass is 9.77. The number of carbonyl (C=O) groups excluding carboxylic acids is 2. The SMILES string of the molecule is CC[C@H](O)[C@@H]1C(=O)N2C(C(=O)S)=C(C3CCN(c4ccccc4)C3)S[C@]12Cc1ccc([N+](=O)[O-])cc1. The molecule has 1 N–H and O–H groups in total. The van der Waals surface area contributed by atoms with Gasteiger partial charge in [0.1, 0.15) is 10.6 Å². The van der Waals surface area contributed by atoms with E-state index in [0.717, 1.165) is 29.1 Å². The number of thioether (sulfide) groups is 1. The highest BCUT2D eigenvalue weighted by molar-refractivity contribution is 8.05. The van der Waals surface area contributed by atoms with E-state index in [-0.39, 0.29) is 17.5 Å². The topological polar surface area (TPSA) is 104 Å². The highest BCUT2D eigenvalue weighted by atomic mass is 32.2. The molecule has 188 valence electrons. The van der Waals surface area contributed by atoms with Gasteiger partial charge >= 0.3 is 0 Å². The number of thiol groups is 1. The first kappa shape index (κ1) is 24.9. The Morgan fingerprint density at radius 3 is 2.56 bits per heavy atom. The normalized spacial score (nSPS) is 26.1. The quantitative estimate of drug-likeness (QED) is 0.232. The van der Waals surface area contributed by atoms with Crippen molar-refractivity contribution >= 4 is 46.8 Å². The van der Waals surface area contributed by atoms with Gasteiger partial charge in [-0.1, -0.05) is 61.6 Å². The summed E-state index contributed by atoms with van der Waals surface area (Å²) in [6.07, 6.45) is 0.724. The zero-order valence-electron chi connectivity index (χ0n) is 19.7. The molecule has 2 aromatic carbocycles. The number of nitro benzene ring substituents is 1. The lowest BCUT2D eigenvalue weighted by Gasteiger charge is -2.55. The molecule has 3 heterocycles. The second-order valence-electron chi connectivity index (χ2n) is 9.46. The monoisotopic (exact) mass is 525 g/mol. The van der Waals surface area contributed by atoms with E-state index in [1.807, 2.05) is 25.1 Å². The maximum atomic E-state index is 13.4. The van der Waals surface area contributed by atoms with E-state index in [2.05, 4.69) is 29.7 Å². The Morgan fingerprint density at radius 1 is 1.25 bits per heavy atom. The Bertz CT molecular complexity index is 1240. The summed E-state index contributed by atoms with van der Waals surface area (Å²) in [4.78, 5) is 40.6. The average molecular weight is 526 g/mol. The molecule has 2 aromatic rings. The van der Waals surface area contributed by atoms with Gasteiger partial charge in [0.15, 0.2) is 0 Å². The van der Waals surface area contributed by atoms with Crippen molar-refractivity contribution in [3.63, 3.8) is 0 Å². The molecule has 8 nitrogen and oxygen atoms in total. The van der Waals surface area contributed by atoms with Crippen LogP contribution in [0.3, 0.4) is 0 Å². The highest BCUT2D eigenvalue weighted by Crippen LogP contribution is 2.62. The number of anilines is 1. The first-order valence-electron chi connectivity index (χ1n) is 12.0. The minimum Gasteiger partial charge on any atom is -0.392 e. The molecule has 1 unspecified atom stereocenters. The molecule has 4 atom stereocenters. The number of rotatable bonds is 8. The first-order chi connectivity index (χ1) is 17.3. The molecular formula is C26H27N3O5S2. The number of benzene rings is 2. The molecule has 10 heteroatoms. The Balaban J connectivity index is 1.49. The van der Waals surface area contributed by atoms with Gasteiger partial charge in [-0.15, -0.1) is 0 Å². The zero-order chi connectivity index (χ0) is 25.6. The van der Waals surface area contributed by atoms with Gasteiger partial charge in [0.25, 0.3) is 5.69 Å². The van der Waals surface area contributed by atoms with E-state index in [1.54, 1.807) is 17.0 Å². The molecule has 0 aromatic heterocycles. The van der Waals surface area contributed by atoms with E-state index in [0.29, 0.717) is 25.1 Å². The Hall–Kier alpha value is -2.82. The van der Waals surface area contributed by atoms with Gasteiger partial charge in [0.05, 0.1) is 16.9 Å². The summed E-state index contributed by atoms with van der Waals surface area (Å²) in [5.74, 6) is -0.911. The number of aliphatic hydroxyl groups excluding tert-OH is 1. The second kappa shape index (κ2) is 9.57. The summed E-state index contributed by atoms with van der Waals surface area (Å²) < 4.78 is 0. The minimum atomic E-state index is -0.869. The lowest BCUT2D eigenvalue weighted by Crippen LogP contribution is -2.71. The van der Waals surface area contributed by atoms with Crippen molar-refractivity contribution in [2.45, 2.75) is 37.2 Å². The van der Waals surface area contributed by atoms with Crippen molar-refractivity contribution < 1.29 is 19.6 Å². The van der Waals surface area contributed by atoms with E-state index >= 15 is 0 Å². The number of nitro groups is 1. The van der Waals surface area contributed by atoms with Gasteiger partial charge in [-0.05, 0) is 30.5 Å². The fourth-order valence-corrected chi connectivity index (χ4v) is 7.84. The van der Waals surface area contributed by atoms with Gasteiger partial charge in [0, 0.05) is 48.2 Å². The van der Waals surface area contributed by atoms with E-state index in [1.165, 1.54) is 23.9 Å². The van der Waals surface area contributed by atoms with Crippen molar-refractivity contribution in [1.29, 1.82) is 0 Å². The fraction of sp³-hybridized carbons (Fsp3) is 0.385. The number of nitrogens with zero attached hydrogens (tertiary/aromatic N) is 3. The van der Waals surface area contributed by atoms with E-state index in [4.69, 9.17) is 0 Å². The van der Waals surface area contributed by atoms with Gasteiger partial charge in [0.2, 0.25) is 11.0 Å². The third kappa shape index (κ3) is 4.01. The molecule has 1 amide bonds. The van der Waals surface area contributed by atoms with E-state index in [9.17, 15) is 24.8 Å². The molecule has 0 aliphatic carbocycles. The van der Waals surface area contributed by atoms with Crippen LogP contribution in [0, 0.1) is 22.0 Å². The molecule has 0 radical (unpaired) electrons. The van der Waals surface area contributed by atoms with Crippen LogP contribution in [-0.2, 0) is 16.0 Å². The molecule has 5 rings (SSSR count). The number of β-lactam (4-membered cyclic amide) rings is 1. The number of fused-ring (bicyclic) bond motifs is 1. The second-order valence-corrected chi connectivity index (χ2v) is 11.2. The number of hydrogen-bond donors (Lipinski definition) is 2. The van der Waals surface area contributed by atoms with Gasteiger partial charge in [-0.25, -0.2) is 0 Å². The van der Waals surface area contributed by atoms with Gasteiger partial charge in [-0.3, -0.25) is 24.6 Å². The van der Waals surface area contributed by atoms with Gasteiger partial charge < -0.3 is 10.0 Å². The number of para-hydroxylation sites is 1. The van der Waals surface area contributed by atoms with Crippen LogP contribution in [0.1, 0.15) is 25.3 Å². The minimum absolute atomic E-state index is 0.0148. The van der Waals surface area contributed by atoms with Crippen molar-refractivity contribution in [2.75, 3.05) is 18.0 Å². The van der Waals surface area contributed by atoms with Crippen LogP contribution in [0.2, 0.25) is 0 Å². The van der Waals surface area contributed by atoms with Crippen LogP contribution >= 0.6 is 24.4 Å². The molecule has 0 spiro atoms. The number of hydrogen-bond acceptors (Lipinski definition) is 7. The van der Waals surface area contributed by atoms with Crippen LogP contribution < -0.4 is 4.90 Å². The smallest absolute Gasteiger partial charge is 0.269 e. The van der Waals surface area contributed by atoms with Crippen molar-refractivity contribution in [3.8, 4) is 0 Å². The molecule has 3 aliphatic heterocycles. The van der Waals surface area contributed by atoms with Gasteiger partial charge in [-0.2, -0.15) is 0 Å². The summed E-state index contributed by atoms with van der Waals surface area (Å²) in [5, 5.41) is 21.5. The van der Waals surface area contributed by atoms with Crippen LogP contribution in [-0.4, -0.2) is 50.0 Å². The molecule has 2 saturated heterocycles. The number of aliphatic hydroxyl groups is 1. The molecule has 0 saturated carbocycles. The first-order valence-corrected chi connectivity index (χ1v) is 13.2. The number of amides is 1. The highest BCUT2D eigenvalue weighted by Gasteiger charge is 2.68. The Morgan fingerprint density at radius 2 is 1.94 bits per heavy atom. The third-order valence-corrected chi connectivity index (χ3v) is 9.28. The van der Waals surface area contributed by atoms with E-state index < -0.39 is 26.9 Å².